The number of nitrogens with zero attached hydrogens (tertiary/aromatic N) is 1. The van der Waals surface area contributed by atoms with Crippen LogP contribution in [0.3, 0.4) is 0 Å². The molecule has 0 unspecified atom stereocenters. The third-order valence-corrected chi connectivity index (χ3v) is 1.79. The Morgan fingerprint density at radius 2 is 2.07 bits per heavy atom. The average Bonchev–Trinajstić information content (AvgIpc) is 2.20. The zero-order valence-corrected chi connectivity index (χ0v) is 9.29. The van der Waals surface area contributed by atoms with Gasteiger partial charge in [0.15, 0.2) is 5.11 Å². The summed E-state index contributed by atoms with van der Waals surface area (Å²) in [6, 6.07) is 8.20. The molecule has 0 aliphatic rings. The molecule has 15 heavy (non-hydrogen) atoms. The fraction of sp³-hybridized carbons (Fsp3) is 0.0909. The lowest BCUT2D eigenvalue weighted by molar-refractivity contribution is 1.04. The highest BCUT2D eigenvalue weighted by Gasteiger charge is 1.84. The molecule has 3 N–H and O–H groups in total. The van der Waals surface area contributed by atoms with E-state index in [0.29, 0.717) is 0 Å². The van der Waals surface area contributed by atoms with Crippen LogP contribution in [0, 0.1) is 6.92 Å². The van der Waals surface area contributed by atoms with Crippen LogP contribution in [0.5, 0.6) is 0 Å². The van der Waals surface area contributed by atoms with Gasteiger partial charge in [-0.05, 0) is 30.8 Å². The molecule has 0 atom stereocenters. The maximum atomic E-state index is 5.18. The van der Waals surface area contributed by atoms with E-state index >= 15 is 0 Å². The van der Waals surface area contributed by atoms with E-state index in [1.54, 1.807) is 6.21 Å². The van der Waals surface area contributed by atoms with Crippen LogP contribution < -0.4 is 11.2 Å². The number of nitrogens with one attached hydrogen (secondary N) is 1. The van der Waals surface area contributed by atoms with E-state index in [1.807, 2.05) is 24.3 Å². The normalized spacial score (nSPS) is 11.0. The number of aryl methyl sites for hydroxylation is 1. The third-order valence-electron chi connectivity index (χ3n) is 1.70. The Labute approximate surface area is 94.7 Å². The fourth-order valence-electron chi connectivity index (χ4n) is 0.976. The number of hydrogen-bond donors (Lipinski definition) is 2. The molecule has 0 saturated heterocycles. The Bertz CT molecular complexity index is 379. The molecule has 1 aromatic carbocycles. The van der Waals surface area contributed by atoms with E-state index in [2.05, 4.69) is 41.8 Å². The van der Waals surface area contributed by atoms with Crippen molar-refractivity contribution in [1.29, 1.82) is 0 Å². The van der Waals surface area contributed by atoms with Gasteiger partial charge in [0, 0.05) is 6.21 Å². The third kappa shape index (κ3) is 4.93. The number of benzene rings is 1. The van der Waals surface area contributed by atoms with Crippen molar-refractivity contribution >= 4 is 29.6 Å². The molecular formula is C11H13N3S. The van der Waals surface area contributed by atoms with Gasteiger partial charge < -0.3 is 5.73 Å². The molecule has 1 aromatic rings. The van der Waals surface area contributed by atoms with Gasteiger partial charge in [-0.2, -0.15) is 5.10 Å². The molecule has 0 aromatic heterocycles. The molecule has 0 fully saturated rings. The number of rotatable bonds is 3. The maximum absolute atomic E-state index is 5.18. The maximum Gasteiger partial charge on any atom is 0.184 e. The molecule has 0 amide bonds. The van der Waals surface area contributed by atoms with E-state index in [-0.39, 0.29) is 5.11 Å². The molecular weight excluding hydrogens is 206 g/mol. The summed E-state index contributed by atoms with van der Waals surface area (Å²) in [5.41, 5.74) is 10.0. The van der Waals surface area contributed by atoms with Crippen molar-refractivity contribution in [1.82, 2.24) is 5.43 Å². The molecule has 78 valence electrons. The molecule has 0 radical (unpaired) electrons. The Morgan fingerprint density at radius 3 is 2.67 bits per heavy atom. The smallest absolute Gasteiger partial charge is 0.184 e. The van der Waals surface area contributed by atoms with Gasteiger partial charge in [-0.1, -0.05) is 35.9 Å². The zero-order valence-electron chi connectivity index (χ0n) is 8.47. The lowest BCUT2D eigenvalue weighted by Gasteiger charge is -1.93. The van der Waals surface area contributed by atoms with Gasteiger partial charge >= 0.3 is 0 Å². The standard InChI is InChI=1S/C11H13N3S/c1-9-4-6-10(7-5-9)3-2-8-13-14-11(12)15/h2-8H,1H3,(H3,12,14,15)/b3-2+,13-8+. The van der Waals surface area contributed by atoms with Crippen LogP contribution in [-0.4, -0.2) is 11.3 Å². The predicted molar refractivity (Wildman–Crippen MR) is 68.6 cm³/mol. The first-order valence-electron chi connectivity index (χ1n) is 4.50. The first kappa shape index (κ1) is 11.4. The van der Waals surface area contributed by atoms with Crippen LogP contribution in [-0.2, 0) is 0 Å². The number of nitrogens with two attached hydrogens (primary N) is 1. The first-order valence-corrected chi connectivity index (χ1v) is 4.91. The highest BCUT2D eigenvalue weighted by Crippen LogP contribution is 2.04. The first-order chi connectivity index (χ1) is 7.18. The molecule has 0 aliphatic heterocycles. The van der Waals surface area contributed by atoms with Crippen LogP contribution in [0.25, 0.3) is 6.08 Å². The summed E-state index contributed by atoms with van der Waals surface area (Å²) in [5, 5.41) is 3.94. The summed E-state index contributed by atoms with van der Waals surface area (Å²) >= 11 is 4.58. The fourth-order valence-corrected chi connectivity index (χ4v) is 1.03. The summed E-state index contributed by atoms with van der Waals surface area (Å²) in [6.45, 7) is 2.06. The highest BCUT2D eigenvalue weighted by atomic mass is 32.1. The summed E-state index contributed by atoms with van der Waals surface area (Å²) < 4.78 is 0. The monoisotopic (exact) mass is 219 g/mol. The second-order valence-corrected chi connectivity index (χ2v) is 3.46. The summed E-state index contributed by atoms with van der Waals surface area (Å²) in [6.07, 6.45) is 5.36. The Morgan fingerprint density at radius 1 is 1.40 bits per heavy atom. The van der Waals surface area contributed by atoms with Gasteiger partial charge in [0.2, 0.25) is 0 Å². The van der Waals surface area contributed by atoms with E-state index in [9.17, 15) is 0 Å². The van der Waals surface area contributed by atoms with Crippen molar-refractivity contribution in [3.8, 4) is 0 Å². The highest BCUT2D eigenvalue weighted by molar-refractivity contribution is 7.80. The second kappa shape index (κ2) is 5.93. The number of thiocarbonyl (C=S) groups is 1. The second-order valence-electron chi connectivity index (χ2n) is 3.02. The quantitative estimate of drug-likeness (QED) is 0.463. The molecule has 0 saturated carbocycles. The average molecular weight is 219 g/mol. The van der Waals surface area contributed by atoms with Crippen molar-refractivity contribution in [2.75, 3.05) is 0 Å². The van der Waals surface area contributed by atoms with Gasteiger partial charge in [0.05, 0.1) is 0 Å². The van der Waals surface area contributed by atoms with Gasteiger partial charge in [-0.15, -0.1) is 0 Å². The largest absolute Gasteiger partial charge is 0.375 e. The van der Waals surface area contributed by atoms with E-state index in [0.717, 1.165) is 5.56 Å². The van der Waals surface area contributed by atoms with Crippen molar-refractivity contribution in [3.05, 3.63) is 41.5 Å². The minimum Gasteiger partial charge on any atom is -0.375 e. The molecule has 3 nitrogen and oxygen atoms in total. The minimum absolute atomic E-state index is 0.162. The number of hydrogen-bond acceptors (Lipinski definition) is 2. The molecule has 4 heteroatoms. The zero-order chi connectivity index (χ0) is 11.1. The summed E-state index contributed by atoms with van der Waals surface area (Å²) in [7, 11) is 0. The van der Waals surface area contributed by atoms with E-state index < -0.39 is 0 Å². The van der Waals surface area contributed by atoms with Gasteiger partial charge in [0.1, 0.15) is 0 Å². The minimum atomic E-state index is 0.162. The summed E-state index contributed by atoms with van der Waals surface area (Å²) in [4.78, 5) is 0. The van der Waals surface area contributed by atoms with Crippen LogP contribution >= 0.6 is 12.2 Å². The van der Waals surface area contributed by atoms with Crippen molar-refractivity contribution in [3.63, 3.8) is 0 Å². The molecule has 0 bridgehead atoms. The molecule has 0 heterocycles. The molecule has 0 aliphatic carbocycles. The Kier molecular flexibility index (Phi) is 4.50. The van der Waals surface area contributed by atoms with Crippen molar-refractivity contribution < 1.29 is 0 Å². The van der Waals surface area contributed by atoms with Gasteiger partial charge in [0.25, 0.3) is 0 Å². The Hall–Kier alpha value is -1.68. The van der Waals surface area contributed by atoms with Crippen LogP contribution in [0.1, 0.15) is 11.1 Å². The van der Waals surface area contributed by atoms with Crippen LogP contribution in [0.2, 0.25) is 0 Å². The van der Waals surface area contributed by atoms with Crippen molar-refractivity contribution in [2.45, 2.75) is 6.92 Å². The number of allylic oxidation sites excluding steroid dienone is 1. The lowest BCUT2D eigenvalue weighted by Crippen LogP contribution is -2.23. The van der Waals surface area contributed by atoms with Gasteiger partial charge in [-0.3, -0.25) is 5.43 Å². The Balaban J connectivity index is 2.47. The van der Waals surface area contributed by atoms with Crippen LogP contribution in [0.15, 0.2) is 35.4 Å². The molecule has 0 spiro atoms. The van der Waals surface area contributed by atoms with Gasteiger partial charge in [-0.25, -0.2) is 0 Å². The lowest BCUT2D eigenvalue weighted by atomic mass is 10.1. The molecule has 1 rings (SSSR count). The van der Waals surface area contributed by atoms with E-state index in [1.165, 1.54) is 5.56 Å². The predicted octanol–water partition coefficient (Wildman–Crippen LogP) is 1.83. The summed E-state index contributed by atoms with van der Waals surface area (Å²) in [5.74, 6) is 0. The van der Waals surface area contributed by atoms with Crippen LogP contribution in [0.4, 0.5) is 0 Å². The van der Waals surface area contributed by atoms with E-state index in [4.69, 9.17) is 5.73 Å². The topological polar surface area (TPSA) is 50.4 Å². The van der Waals surface area contributed by atoms with Crippen molar-refractivity contribution in [2.24, 2.45) is 10.8 Å². The number of hydrazone groups is 1. The SMILES string of the molecule is Cc1ccc(/C=C/C=N/NC(N)=S)cc1.